The molecule has 0 saturated heterocycles. The molecule has 1 aliphatic carbocycles. The number of aliphatic hydroxyl groups is 1. The van der Waals surface area contributed by atoms with Crippen LogP contribution in [0.3, 0.4) is 0 Å². The number of aryl methyl sites for hydroxylation is 1. The lowest BCUT2D eigenvalue weighted by molar-refractivity contribution is 0.202. The van der Waals surface area contributed by atoms with Gasteiger partial charge in [-0.05, 0) is 48.6 Å². The first kappa shape index (κ1) is 14.1. The fourth-order valence-electron chi connectivity index (χ4n) is 3.26. The van der Waals surface area contributed by atoms with Crippen LogP contribution in [0, 0.1) is 5.82 Å². The predicted molar refractivity (Wildman–Crippen MR) is 82.8 cm³/mol. The van der Waals surface area contributed by atoms with Crippen molar-refractivity contribution in [2.75, 3.05) is 11.9 Å². The Balaban J connectivity index is 2.03. The van der Waals surface area contributed by atoms with E-state index in [1.807, 2.05) is 18.2 Å². The minimum atomic E-state index is -0.527. The van der Waals surface area contributed by atoms with Crippen LogP contribution in [0.25, 0.3) is 0 Å². The van der Waals surface area contributed by atoms with Crippen LogP contribution in [0.4, 0.5) is 10.1 Å². The number of benzene rings is 2. The van der Waals surface area contributed by atoms with E-state index in [1.165, 1.54) is 17.7 Å². The standard InChI is InChI=1S/C18H20FNO/c19-15-8-5-9-16(12-15)20-18(13-21)11-4-3-7-14-6-1-2-10-17(14)18/h1-2,5-6,8-10,12,20-21H,3-4,7,11,13H2. The van der Waals surface area contributed by atoms with Crippen LogP contribution >= 0.6 is 0 Å². The van der Waals surface area contributed by atoms with E-state index in [-0.39, 0.29) is 12.4 Å². The van der Waals surface area contributed by atoms with Crippen molar-refractivity contribution in [1.82, 2.24) is 0 Å². The summed E-state index contributed by atoms with van der Waals surface area (Å²) in [4.78, 5) is 0. The maximum Gasteiger partial charge on any atom is 0.125 e. The Morgan fingerprint density at radius 1 is 1.10 bits per heavy atom. The van der Waals surface area contributed by atoms with Gasteiger partial charge >= 0.3 is 0 Å². The second-order valence-corrected chi connectivity index (χ2v) is 5.74. The molecule has 2 aromatic rings. The Hall–Kier alpha value is -1.87. The minimum absolute atomic E-state index is 0.000522. The van der Waals surface area contributed by atoms with Gasteiger partial charge in [-0.15, -0.1) is 0 Å². The maximum absolute atomic E-state index is 13.4. The number of hydrogen-bond acceptors (Lipinski definition) is 2. The van der Waals surface area contributed by atoms with Crippen molar-refractivity contribution in [1.29, 1.82) is 0 Å². The summed E-state index contributed by atoms with van der Waals surface area (Å²) in [6.07, 6.45) is 4.03. The summed E-state index contributed by atoms with van der Waals surface area (Å²) >= 11 is 0. The molecule has 2 N–H and O–H groups in total. The molecule has 110 valence electrons. The Kier molecular flexibility index (Phi) is 3.93. The van der Waals surface area contributed by atoms with Gasteiger partial charge in [0.25, 0.3) is 0 Å². The monoisotopic (exact) mass is 285 g/mol. The van der Waals surface area contributed by atoms with Crippen LogP contribution in [0.2, 0.25) is 0 Å². The summed E-state index contributed by atoms with van der Waals surface area (Å²) in [5, 5.41) is 13.5. The van der Waals surface area contributed by atoms with Crippen molar-refractivity contribution in [3.8, 4) is 0 Å². The average Bonchev–Trinajstić information content (AvgIpc) is 2.68. The lowest BCUT2D eigenvalue weighted by atomic mass is 9.84. The van der Waals surface area contributed by atoms with Gasteiger partial charge in [-0.1, -0.05) is 36.8 Å². The van der Waals surface area contributed by atoms with E-state index >= 15 is 0 Å². The van der Waals surface area contributed by atoms with Crippen LogP contribution in [0.15, 0.2) is 48.5 Å². The molecule has 0 aliphatic heterocycles. The van der Waals surface area contributed by atoms with Crippen molar-refractivity contribution < 1.29 is 9.50 Å². The molecule has 0 amide bonds. The highest BCUT2D eigenvalue weighted by Gasteiger charge is 2.34. The topological polar surface area (TPSA) is 32.3 Å². The molecule has 2 nitrogen and oxygen atoms in total. The smallest absolute Gasteiger partial charge is 0.125 e. The first-order chi connectivity index (χ1) is 10.2. The molecule has 3 heteroatoms. The SMILES string of the molecule is OCC1(Nc2cccc(F)c2)CCCCc2ccccc21. The maximum atomic E-state index is 13.4. The molecular formula is C18H20FNO. The van der Waals surface area contributed by atoms with E-state index < -0.39 is 5.54 Å². The van der Waals surface area contributed by atoms with Gasteiger partial charge in [-0.25, -0.2) is 4.39 Å². The molecule has 0 aromatic heterocycles. The van der Waals surface area contributed by atoms with E-state index in [2.05, 4.69) is 17.4 Å². The number of fused-ring (bicyclic) bond motifs is 1. The summed E-state index contributed by atoms with van der Waals surface area (Å²) in [6.45, 7) is 0.000522. The number of anilines is 1. The van der Waals surface area contributed by atoms with Gasteiger partial charge in [0.1, 0.15) is 5.82 Å². The van der Waals surface area contributed by atoms with Crippen LogP contribution in [0.5, 0.6) is 0 Å². The Bertz CT molecular complexity index is 628. The van der Waals surface area contributed by atoms with E-state index in [1.54, 1.807) is 6.07 Å². The van der Waals surface area contributed by atoms with Gasteiger partial charge in [-0.3, -0.25) is 0 Å². The number of aliphatic hydroxyl groups excluding tert-OH is 1. The highest BCUT2D eigenvalue weighted by molar-refractivity contribution is 5.50. The van der Waals surface area contributed by atoms with Gasteiger partial charge in [0.15, 0.2) is 0 Å². The van der Waals surface area contributed by atoms with Crippen LogP contribution in [0.1, 0.15) is 30.4 Å². The summed E-state index contributed by atoms with van der Waals surface area (Å²) < 4.78 is 13.4. The first-order valence-corrected chi connectivity index (χ1v) is 7.46. The van der Waals surface area contributed by atoms with Crippen LogP contribution < -0.4 is 5.32 Å². The minimum Gasteiger partial charge on any atom is -0.394 e. The Morgan fingerprint density at radius 3 is 2.76 bits per heavy atom. The predicted octanol–water partition coefficient (Wildman–Crippen LogP) is 3.85. The van der Waals surface area contributed by atoms with Crippen molar-refractivity contribution in [3.63, 3.8) is 0 Å². The fourth-order valence-corrected chi connectivity index (χ4v) is 3.26. The third-order valence-electron chi connectivity index (χ3n) is 4.31. The van der Waals surface area contributed by atoms with Crippen molar-refractivity contribution in [2.24, 2.45) is 0 Å². The van der Waals surface area contributed by atoms with Crippen molar-refractivity contribution >= 4 is 5.69 Å². The van der Waals surface area contributed by atoms with Crippen molar-refractivity contribution in [2.45, 2.75) is 31.2 Å². The zero-order chi connectivity index (χ0) is 14.7. The fraction of sp³-hybridized carbons (Fsp3) is 0.333. The number of halogens is 1. The number of rotatable bonds is 3. The van der Waals surface area contributed by atoms with E-state index in [9.17, 15) is 9.50 Å². The van der Waals surface area contributed by atoms with E-state index in [0.717, 1.165) is 31.2 Å². The van der Waals surface area contributed by atoms with Gasteiger partial charge in [0.05, 0.1) is 12.1 Å². The van der Waals surface area contributed by atoms with E-state index in [4.69, 9.17) is 0 Å². The van der Waals surface area contributed by atoms with Crippen LogP contribution in [-0.4, -0.2) is 11.7 Å². The molecule has 21 heavy (non-hydrogen) atoms. The van der Waals surface area contributed by atoms with Crippen LogP contribution in [-0.2, 0) is 12.0 Å². The molecule has 2 aromatic carbocycles. The molecule has 0 spiro atoms. The zero-order valence-corrected chi connectivity index (χ0v) is 12.0. The molecule has 0 fully saturated rings. The third-order valence-corrected chi connectivity index (χ3v) is 4.31. The summed E-state index contributed by atoms with van der Waals surface area (Å²) in [7, 11) is 0. The van der Waals surface area contributed by atoms with Crippen molar-refractivity contribution in [3.05, 3.63) is 65.5 Å². The molecule has 1 aliphatic rings. The summed E-state index contributed by atoms with van der Waals surface area (Å²) in [5.74, 6) is -0.269. The largest absolute Gasteiger partial charge is 0.394 e. The van der Waals surface area contributed by atoms with Gasteiger partial charge in [-0.2, -0.15) is 0 Å². The van der Waals surface area contributed by atoms with Gasteiger partial charge in [0.2, 0.25) is 0 Å². The quantitative estimate of drug-likeness (QED) is 0.840. The molecule has 0 bridgehead atoms. The molecule has 3 rings (SSSR count). The number of nitrogens with one attached hydrogen (secondary N) is 1. The zero-order valence-electron chi connectivity index (χ0n) is 12.0. The lowest BCUT2D eigenvalue weighted by Gasteiger charge is -2.35. The third kappa shape index (κ3) is 2.79. The van der Waals surface area contributed by atoms with Gasteiger partial charge < -0.3 is 10.4 Å². The molecule has 0 radical (unpaired) electrons. The molecule has 0 saturated carbocycles. The molecule has 1 unspecified atom stereocenters. The molecule has 0 heterocycles. The highest BCUT2D eigenvalue weighted by Crippen LogP contribution is 2.36. The number of hydrogen-bond donors (Lipinski definition) is 2. The first-order valence-electron chi connectivity index (χ1n) is 7.46. The lowest BCUT2D eigenvalue weighted by Crippen LogP contribution is -2.39. The second kappa shape index (κ2) is 5.86. The highest BCUT2D eigenvalue weighted by atomic mass is 19.1. The normalized spacial score (nSPS) is 21.4. The summed E-state index contributed by atoms with van der Waals surface area (Å²) in [5.41, 5.74) is 2.59. The van der Waals surface area contributed by atoms with Gasteiger partial charge in [0, 0.05) is 5.69 Å². The van der Waals surface area contributed by atoms with E-state index in [0.29, 0.717) is 5.69 Å². The molecule has 1 atom stereocenters. The Labute approximate surface area is 124 Å². The average molecular weight is 285 g/mol. The summed E-state index contributed by atoms with van der Waals surface area (Å²) in [6, 6.07) is 14.7. The molecular weight excluding hydrogens is 265 g/mol. The Morgan fingerprint density at radius 2 is 1.95 bits per heavy atom. The second-order valence-electron chi connectivity index (χ2n) is 5.74.